The molecule has 0 aliphatic carbocycles. The molecule has 1 aliphatic heterocycles. The van der Waals surface area contributed by atoms with E-state index in [9.17, 15) is 14.7 Å². The second-order valence-corrected chi connectivity index (χ2v) is 7.00. The summed E-state index contributed by atoms with van der Waals surface area (Å²) in [6.45, 7) is 3.81. The van der Waals surface area contributed by atoms with Gasteiger partial charge in [0.1, 0.15) is 5.54 Å². The Labute approximate surface area is 133 Å². The van der Waals surface area contributed by atoms with E-state index in [0.717, 1.165) is 22.6 Å². The number of nitrogens with one attached hydrogen (secondary N) is 1. The van der Waals surface area contributed by atoms with E-state index in [0.29, 0.717) is 23.4 Å². The van der Waals surface area contributed by atoms with E-state index in [1.807, 2.05) is 13.8 Å². The maximum Gasteiger partial charge on any atom is 0.329 e. The predicted octanol–water partition coefficient (Wildman–Crippen LogP) is 3.04. The third kappa shape index (κ3) is 3.35. The van der Waals surface area contributed by atoms with Gasteiger partial charge in [-0.2, -0.15) is 11.8 Å². The molecule has 1 amide bonds. The van der Waals surface area contributed by atoms with Crippen LogP contribution in [-0.2, 0) is 4.79 Å². The molecule has 0 saturated carbocycles. The lowest BCUT2D eigenvalue weighted by Crippen LogP contribution is -2.56. The van der Waals surface area contributed by atoms with Gasteiger partial charge >= 0.3 is 5.97 Å². The lowest BCUT2D eigenvalue weighted by Gasteiger charge is -2.33. The summed E-state index contributed by atoms with van der Waals surface area (Å²) in [6, 6.07) is 3.44. The molecule has 0 atom stereocenters. The Morgan fingerprint density at radius 3 is 2.38 bits per heavy atom. The van der Waals surface area contributed by atoms with Gasteiger partial charge in [0, 0.05) is 0 Å². The fraction of sp³-hybridized carbons (Fsp3) is 0.467. The maximum absolute atomic E-state index is 12.4. The molecule has 6 heteroatoms. The molecule has 1 fully saturated rings. The predicted molar refractivity (Wildman–Crippen MR) is 85.3 cm³/mol. The third-order valence-electron chi connectivity index (χ3n) is 3.94. The van der Waals surface area contributed by atoms with Crippen LogP contribution in [0.1, 0.15) is 34.3 Å². The van der Waals surface area contributed by atoms with Gasteiger partial charge in [0.15, 0.2) is 0 Å². The van der Waals surface area contributed by atoms with Gasteiger partial charge in [-0.25, -0.2) is 4.79 Å². The molecule has 0 spiro atoms. The Bertz CT molecular complexity index is 583. The zero-order valence-corrected chi connectivity index (χ0v) is 13.6. The first-order valence-electron chi connectivity index (χ1n) is 6.76. The Hall–Kier alpha value is -1.20. The molecule has 0 aromatic heterocycles. The van der Waals surface area contributed by atoms with Crippen LogP contribution in [0.2, 0.25) is 5.02 Å². The highest BCUT2D eigenvalue weighted by Gasteiger charge is 2.41. The van der Waals surface area contributed by atoms with Gasteiger partial charge in [-0.3, -0.25) is 4.79 Å². The molecule has 114 valence electrons. The third-order valence-corrected chi connectivity index (χ3v) is 5.23. The van der Waals surface area contributed by atoms with Crippen LogP contribution in [0.3, 0.4) is 0 Å². The van der Waals surface area contributed by atoms with Crippen LogP contribution in [0.15, 0.2) is 12.1 Å². The maximum atomic E-state index is 12.4. The minimum Gasteiger partial charge on any atom is -0.480 e. The molecule has 1 aromatic rings. The Kier molecular flexibility index (Phi) is 4.84. The molecule has 0 unspecified atom stereocenters. The summed E-state index contributed by atoms with van der Waals surface area (Å²) < 4.78 is 0. The van der Waals surface area contributed by atoms with Crippen LogP contribution in [0.25, 0.3) is 0 Å². The molecule has 1 heterocycles. The van der Waals surface area contributed by atoms with Crippen LogP contribution in [0.4, 0.5) is 0 Å². The first-order valence-corrected chi connectivity index (χ1v) is 8.29. The molecule has 21 heavy (non-hydrogen) atoms. The van der Waals surface area contributed by atoms with Crippen LogP contribution >= 0.6 is 23.4 Å². The number of rotatable bonds is 3. The number of thioether (sulfide) groups is 1. The van der Waals surface area contributed by atoms with Crippen molar-refractivity contribution in [1.82, 2.24) is 5.32 Å². The Morgan fingerprint density at radius 2 is 1.81 bits per heavy atom. The lowest BCUT2D eigenvalue weighted by atomic mass is 9.91. The standard InChI is InChI=1S/C15H18ClNO3S/c1-9-7-11(12(16)8-10(9)2)13(18)17-15(14(19)20)3-5-21-6-4-15/h7-8H,3-6H2,1-2H3,(H,17,18)(H,19,20). The molecule has 2 N–H and O–H groups in total. The van der Waals surface area contributed by atoms with E-state index in [1.54, 1.807) is 23.9 Å². The number of aryl methyl sites for hydroxylation is 2. The largest absolute Gasteiger partial charge is 0.480 e. The highest BCUT2D eigenvalue weighted by molar-refractivity contribution is 7.99. The highest BCUT2D eigenvalue weighted by atomic mass is 35.5. The minimum absolute atomic E-state index is 0.332. The van der Waals surface area contributed by atoms with Gasteiger partial charge in [-0.15, -0.1) is 0 Å². The quantitative estimate of drug-likeness (QED) is 0.895. The van der Waals surface area contributed by atoms with Gasteiger partial charge < -0.3 is 10.4 Å². The molecule has 4 nitrogen and oxygen atoms in total. The number of hydrogen-bond donors (Lipinski definition) is 2. The van der Waals surface area contributed by atoms with Crippen molar-refractivity contribution < 1.29 is 14.7 Å². The Balaban J connectivity index is 2.28. The number of halogens is 1. The normalized spacial score (nSPS) is 17.3. The average Bonchev–Trinajstić information content (AvgIpc) is 2.43. The number of carbonyl (C=O) groups excluding carboxylic acids is 1. The molecule has 0 radical (unpaired) electrons. The average molecular weight is 328 g/mol. The number of carboxylic acids is 1. The van der Waals surface area contributed by atoms with Crippen molar-refractivity contribution in [2.75, 3.05) is 11.5 Å². The van der Waals surface area contributed by atoms with Crippen LogP contribution in [-0.4, -0.2) is 34.0 Å². The summed E-state index contributed by atoms with van der Waals surface area (Å²) >= 11 is 7.83. The van der Waals surface area contributed by atoms with Crippen molar-refractivity contribution in [3.63, 3.8) is 0 Å². The topological polar surface area (TPSA) is 66.4 Å². The number of carboxylic acid groups (broad SMARTS) is 1. The van der Waals surface area contributed by atoms with Crippen molar-refractivity contribution in [1.29, 1.82) is 0 Å². The van der Waals surface area contributed by atoms with Crippen molar-refractivity contribution in [2.24, 2.45) is 0 Å². The summed E-state index contributed by atoms with van der Waals surface area (Å²) in [5.41, 5.74) is 1.11. The van der Waals surface area contributed by atoms with Crippen molar-refractivity contribution >= 4 is 35.2 Å². The second kappa shape index (κ2) is 6.28. The van der Waals surface area contributed by atoms with Gasteiger partial charge in [0.25, 0.3) is 5.91 Å². The summed E-state index contributed by atoms with van der Waals surface area (Å²) in [5, 5.41) is 12.5. The SMILES string of the molecule is Cc1cc(Cl)c(C(=O)NC2(C(=O)O)CCSCC2)cc1C. The van der Waals surface area contributed by atoms with Crippen molar-refractivity contribution in [3.8, 4) is 0 Å². The second-order valence-electron chi connectivity index (χ2n) is 5.37. The zero-order chi connectivity index (χ0) is 15.6. The minimum atomic E-state index is -1.18. The van der Waals surface area contributed by atoms with Gasteiger partial charge in [-0.1, -0.05) is 11.6 Å². The number of aliphatic carboxylic acids is 1. The van der Waals surface area contributed by atoms with E-state index >= 15 is 0 Å². The van der Waals surface area contributed by atoms with Crippen molar-refractivity contribution in [2.45, 2.75) is 32.2 Å². The summed E-state index contributed by atoms with van der Waals surface area (Å²) in [6.07, 6.45) is 0.863. The number of carbonyl (C=O) groups is 2. The fourth-order valence-electron chi connectivity index (χ4n) is 2.35. The van der Waals surface area contributed by atoms with Crippen LogP contribution in [0, 0.1) is 13.8 Å². The van der Waals surface area contributed by atoms with Crippen LogP contribution in [0.5, 0.6) is 0 Å². The summed E-state index contributed by atoms with van der Waals surface area (Å²) in [4.78, 5) is 24.0. The number of hydrogen-bond acceptors (Lipinski definition) is 3. The van der Waals surface area contributed by atoms with Crippen LogP contribution < -0.4 is 5.32 Å². The smallest absolute Gasteiger partial charge is 0.329 e. The van der Waals surface area contributed by atoms with E-state index in [-0.39, 0.29) is 0 Å². The van der Waals surface area contributed by atoms with E-state index in [1.165, 1.54) is 0 Å². The molecule has 1 saturated heterocycles. The van der Waals surface area contributed by atoms with Crippen molar-refractivity contribution in [3.05, 3.63) is 33.8 Å². The molecule has 0 bridgehead atoms. The van der Waals surface area contributed by atoms with Gasteiger partial charge in [-0.05, 0) is 61.5 Å². The van der Waals surface area contributed by atoms with E-state index < -0.39 is 17.4 Å². The first-order chi connectivity index (χ1) is 9.85. The fourth-order valence-corrected chi connectivity index (χ4v) is 3.85. The molecule has 1 aliphatic rings. The molecule has 2 rings (SSSR count). The molecular formula is C15H18ClNO3S. The lowest BCUT2D eigenvalue weighted by molar-refractivity contribution is -0.144. The number of amides is 1. The van der Waals surface area contributed by atoms with Gasteiger partial charge in [0.2, 0.25) is 0 Å². The monoisotopic (exact) mass is 327 g/mol. The number of benzene rings is 1. The molecular weight excluding hydrogens is 310 g/mol. The summed E-state index contributed by atoms with van der Waals surface area (Å²) in [7, 11) is 0. The Morgan fingerprint density at radius 1 is 1.24 bits per heavy atom. The zero-order valence-electron chi connectivity index (χ0n) is 12.0. The van der Waals surface area contributed by atoms with Gasteiger partial charge in [0.05, 0.1) is 10.6 Å². The highest BCUT2D eigenvalue weighted by Crippen LogP contribution is 2.29. The summed E-state index contributed by atoms with van der Waals surface area (Å²) in [5.74, 6) is 0.0639. The first kappa shape index (κ1) is 16.2. The molecule has 1 aromatic carbocycles. The van der Waals surface area contributed by atoms with E-state index in [2.05, 4.69) is 5.32 Å². The van der Waals surface area contributed by atoms with E-state index in [4.69, 9.17) is 11.6 Å².